The minimum Gasteiger partial charge on any atom is -0.469 e. The molecule has 0 amide bonds. The Labute approximate surface area is 113 Å². The summed E-state index contributed by atoms with van der Waals surface area (Å²) >= 11 is 0. The Morgan fingerprint density at radius 3 is 2.58 bits per heavy atom. The number of carbonyl (C=O) groups excluding carboxylic acids is 1. The van der Waals surface area contributed by atoms with Gasteiger partial charge >= 0.3 is 5.97 Å². The second kappa shape index (κ2) is 5.74. The van der Waals surface area contributed by atoms with E-state index in [9.17, 15) is 4.79 Å². The van der Waals surface area contributed by atoms with Crippen molar-refractivity contribution in [3.63, 3.8) is 0 Å². The van der Waals surface area contributed by atoms with Gasteiger partial charge in [-0.15, -0.1) is 0 Å². The van der Waals surface area contributed by atoms with Gasteiger partial charge in [-0.05, 0) is 29.8 Å². The highest BCUT2D eigenvalue weighted by atomic mass is 16.5. The van der Waals surface area contributed by atoms with E-state index in [0.717, 1.165) is 5.69 Å². The molecule has 0 aliphatic heterocycles. The van der Waals surface area contributed by atoms with Gasteiger partial charge in [-0.3, -0.25) is 4.79 Å². The van der Waals surface area contributed by atoms with Gasteiger partial charge in [0.05, 0.1) is 13.5 Å². The lowest BCUT2D eigenvalue weighted by molar-refractivity contribution is -0.140. The molecule has 0 heterocycles. The third-order valence-electron chi connectivity index (χ3n) is 3.30. The predicted molar refractivity (Wildman–Crippen MR) is 78.6 cm³/mol. The molecule has 0 atom stereocenters. The smallest absolute Gasteiger partial charge is 0.307 e. The lowest BCUT2D eigenvalue weighted by Crippen LogP contribution is -2.21. The van der Waals surface area contributed by atoms with E-state index in [1.807, 2.05) is 7.05 Å². The van der Waals surface area contributed by atoms with Gasteiger partial charge in [0.25, 0.3) is 0 Å². The number of esters is 1. The summed E-state index contributed by atoms with van der Waals surface area (Å²) in [5.41, 5.74) is 2.37. The minimum absolute atomic E-state index is 0.178. The number of hydrogen-bond acceptors (Lipinski definition) is 3. The molecule has 0 fully saturated rings. The molecule has 0 bridgehead atoms. The maximum Gasteiger partial charge on any atom is 0.307 e. The van der Waals surface area contributed by atoms with Gasteiger partial charge in [0.1, 0.15) is 0 Å². The molecule has 0 saturated carbocycles. The molecule has 0 unspecified atom stereocenters. The summed E-state index contributed by atoms with van der Waals surface area (Å²) in [6.45, 7) is 2.75. The van der Waals surface area contributed by atoms with Crippen LogP contribution in [-0.2, 0) is 9.53 Å². The SMILES string of the molecule is COC(=O)CCN(C)c1ccc2cc(C)ccc2c1. The Balaban J connectivity index is 2.16. The highest BCUT2D eigenvalue weighted by Gasteiger charge is 2.06. The average Bonchev–Trinajstić information content (AvgIpc) is 2.43. The number of methoxy groups -OCH3 is 1. The van der Waals surface area contributed by atoms with Gasteiger partial charge in [-0.1, -0.05) is 29.8 Å². The molecular formula is C16H19NO2. The number of nitrogens with zero attached hydrogens (tertiary/aromatic N) is 1. The third kappa shape index (κ3) is 3.25. The van der Waals surface area contributed by atoms with Crippen LogP contribution in [0.4, 0.5) is 5.69 Å². The molecule has 0 saturated heterocycles. The van der Waals surface area contributed by atoms with E-state index in [1.165, 1.54) is 23.4 Å². The highest BCUT2D eigenvalue weighted by molar-refractivity contribution is 5.86. The number of benzene rings is 2. The zero-order valence-electron chi connectivity index (χ0n) is 11.6. The monoisotopic (exact) mass is 257 g/mol. The van der Waals surface area contributed by atoms with Crippen molar-refractivity contribution in [2.45, 2.75) is 13.3 Å². The molecule has 2 rings (SSSR count). The molecule has 0 aliphatic carbocycles. The fourth-order valence-electron chi connectivity index (χ4n) is 2.08. The van der Waals surface area contributed by atoms with Crippen molar-refractivity contribution in [3.8, 4) is 0 Å². The standard InChI is InChI=1S/C16H19NO2/c1-12-4-5-14-11-15(7-6-13(14)10-12)17(2)9-8-16(18)19-3/h4-7,10-11H,8-9H2,1-3H3. The van der Waals surface area contributed by atoms with Gasteiger partial charge in [0.2, 0.25) is 0 Å². The van der Waals surface area contributed by atoms with Gasteiger partial charge in [0, 0.05) is 19.3 Å². The average molecular weight is 257 g/mol. The number of fused-ring (bicyclic) bond motifs is 1. The quantitative estimate of drug-likeness (QED) is 0.788. The molecule has 0 radical (unpaired) electrons. The first-order valence-electron chi connectivity index (χ1n) is 6.38. The first-order valence-corrected chi connectivity index (χ1v) is 6.38. The van der Waals surface area contributed by atoms with Crippen LogP contribution in [0.3, 0.4) is 0 Å². The van der Waals surface area contributed by atoms with Crippen LogP contribution in [-0.4, -0.2) is 26.7 Å². The lowest BCUT2D eigenvalue weighted by Gasteiger charge is -2.19. The van der Waals surface area contributed by atoms with E-state index in [4.69, 9.17) is 0 Å². The van der Waals surface area contributed by atoms with Crippen molar-refractivity contribution in [1.29, 1.82) is 0 Å². The number of anilines is 1. The van der Waals surface area contributed by atoms with Crippen molar-refractivity contribution in [2.24, 2.45) is 0 Å². The van der Waals surface area contributed by atoms with E-state index in [2.05, 4.69) is 53.0 Å². The Morgan fingerprint density at radius 2 is 1.84 bits per heavy atom. The van der Waals surface area contributed by atoms with Crippen LogP contribution in [0.15, 0.2) is 36.4 Å². The normalized spacial score (nSPS) is 10.5. The van der Waals surface area contributed by atoms with Crippen LogP contribution < -0.4 is 4.90 Å². The van der Waals surface area contributed by atoms with E-state index < -0.39 is 0 Å². The number of ether oxygens (including phenoxy) is 1. The van der Waals surface area contributed by atoms with Crippen molar-refractivity contribution in [3.05, 3.63) is 42.0 Å². The molecular weight excluding hydrogens is 238 g/mol. The van der Waals surface area contributed by atoms with Crippen LogP contribution in [0, 0.1) is 6.92 Å². The van der Waals surface area contributed by atoms with Crippen molar-refractivity contribution >= 4 is 22.4 Å². The van der Waals surface area contributed by atoms with Gasteiger partial charge in [-0.25, -0.2) is 0 Å². The second-order valence-electron chi connectivity index (χ2n) is 4.78. The molecule has 2 aromatic carbocycles. The molecule has 3 heteroatoms. The van der Waals surface area contributed by atoms with E-state index in [-0.39, 0.29) is 5.97 Å². The van der Waals surface area contributed by atoms with Crippen LogP contribution in [0.25, 0.3) is 10.8 Å². The summed E-state index contributed by atoms with van der Waals surface area (Å²) in [4.78, 5) is 13.2. The summed E-state index contributed by atoms with van der Waals surface area (Å²) in [7, 11) is 3.40. The Hall–Kier alpha value is -2.03. The fourth-order valence-corrected chi connectivity index (χ4v) is 2.08. The van der Waals surface area contributed by atoms with E-state index >= 15 is 0 Å². The summed E-state index contributed by atoms with van der Waals surface area (Å²) < 4.78 is 4.65. The van der Waals surface area contributed by atoms with Crippen LogP contribution in [0.2, 0.25) is 0 Å². The van der Waals surface area contributed by atoms with Crippen molar-refractivity contribution in [1.82, 2.24) is 0 Å². The molecule has 19 heavy (non-hydrogen) atoms. The zero-order valence-corrected chi connectivity index (χ0v) is 11.6. The summed E-state index contributed by atoms with van der Waals surface area (Å²) in [6, 6.07) is 12.8. The van der Waals surface area contributed by atoms with Crippen molar-refractivity contribution < 1.29 is 9.53 Å². The molecule has 0 aliphatic rings. The first kappa shape index (κ1) is 13.4. The summed E-state index contributed by atoms with van der Waals surface area (Å²) in [6.07, 6.45) is 0.402. The largest absolute Gasteiger partial charge is 0.469 e. The van der Waals surface area contributed by atoms with Gasteiger partial charge in [0.15, 0.2) is 0 Å². The number of carbonyl (C=O) groups is 1. The van der Waals surface area contributed by atoms with Gasteiger partial charge in [-0.2, -0.15) is 0 Å². The zero-order chi connectivity index (χ0) is 13.8. The maximum absolute atomic E-state index is 11.1. The number of hydrogen-bond donors (Lipinski definition) is 0. The number of aryl methyl sites for hydroxylation is 1. The number of rotatable bonds is 4. The summed E-state index contributed by atoms with van der Waals surface area (Å²) in [5.74, 6) is -0.178. The maximum atomic E-state index is 11.1. The lowest BCUT2D eigenvalue weighted by atomic mass is 10.1. The predicted octanol–water partition coefficient (Wildman–Crippen LogP) is 3.15. The molecule has 0 aromatic heterocycles. The van der Waals surface area contributed by atoms with Crippen LogP contribution in [0.5, 0.6) is 0 Å². The summed E-state index contributed by atoms with van der Waals surface area (Å²) in [5, 5.41) is 2.46. The Bertz CT molecular complexity index is 592. The minimum atomic E-state index is -0.178. The molecule has 0 spiro atoms. The van der Waals surface area contributed by atoms with Crippen LogP contribution in [0.1, 0.15) is 12.0 Å². The third-order valence-corrected chi connectivity index (χ3v) is 3.30. The van der Waals surface area contributed by atoms with Crippen molar-refractivity contribution in [2.75, 3.05) is 25.6 Å². The molecule has 0 N–H and O–H groups in total. The first-order chi connectivity index (χ1) is 9.10. The van der Waals surface area contributed by atoms with E-state index in [1.54, 1.807) is 0 Å². The highest BCUT2D eigenvalue weighted by Crippen LogP contribution is 2.22. The topological polar surface area (TPSA) is 29.5 Å². The van der Waals surface area contributed by atoms with Gasteiger partial charge < -0.3 is 9.64 Å². The Morgan fingerprint density at radius 1 is 1.16 bits per heavy atom. The van der Waals surface area contributed by atoms with Crippen LogP contribution >= 0.6 is 0 Å². The second-order valence-corrected chi connectivity index (χ2v) is 4.78. The molecule has 2 aromatic rings. The fraction of sp³-hybridized carbons (Fsp3) is 0.312. The molecule has 100 valence electrons. The van der Waals surface area contributed by atoms with E-state index in [0.29, 0.717) is 13.0 Å². The Kier molecular flexibility index (Phi) is 4.05. The molecule has 3 nitrogen and oxygen atoms in total.